The van der Waals surface area contributed by atoms with Crippen LogP contribution >= 0.6 is 0 Å². The first-order valence-electron chi connectivity index (χ1n) is 7.46. The van der Waals surface area contributed by atoms with Crippen molar-refractivity contribution < 1.29 is 9.84 Å². The van der Waals surface area contributed by atoms with E-state index in [1.807, 2.05) is 19.1 Å². The molecule has 112 valence electrons. The number of rotatable bonds is 7. The SMILES string of the molecule is CCOc1cc(CNCc2ccccc2CC)ccc1O. The van der Waals surface area contributed by atoms with E-state index >= 15 is 0 Å². The molecule has 0 heterocycles. The number of phenols is 1. The summed E-state index contributed by atoms with van der Waals surface area (Å²) in [6.07, 6.45) is 1.05. The van der Waals surface area contributed by atoms with Crippen LogP contribution in [0.2, 0.25) is 0 Å². The van der Waals surface area contributed by atoms with Gasteiger partial charge in [-0.3, -0.25) is 0 Å². The molecule has 0 aliphatic carbocycles. The minimum absolute atomic E-state index is 0.192. The van der Waals surface area contributed by atoms with Gasteiger partial charge in [-0.25, -0.2) is 0 Å². The maximum atomic E-state index is 9.69. The monoisotopic (exact) mass is 285 g/mol. The van der Waals surface area contributed by atoms with E-state index in [4.69, 9.17) is 4.74 Å². The number of benzene rings is 2. The van der Waals surface area contributed by atoms with Gasteiger partial charge >= 0.3 is 0 Å². The largest absolute Gasteiger partial charge is 0.504 e. The molecule has 0 atom stereocenters. The van der Waals surface area contributed by atoms with E-state index in [2.05, 4.69) is 36.5 Å². The second-order valence-corrected chi connectivity index (χ2v) is 4.96. The van der Waals surface area contributed by atoms with Crippen molar-refractivity contribution in [3.63, 3.8) is 0 Å². The highest BCUT2D eigenvalue weighted by molar-refractivity contribution is 5.41. The molecule has 0 aliphatic heterocycles. The van der Waals surface area contributed by atoms with Gasteiger partial charge in [0, 0.05) is 13.1 Å². The van der Waals surface area contributed by atoms with E-state index in [9.17, 15) is 5.11 Å². The average Bonchev–Trinajstić information content (AvgIpc) is 2.51. The van der Waals surface area contributed by atoms with E-state index in [0.717, 1.165) is 25.1 Å². The molecule has 3 heteroatoms. The highest BCUT2D eigenvalue weighted by Gasteiger charge is 2.04. The number of hydrogen-bond donors (Lipinski definition) is 2. The third kappa shape index (κ3) is 4.23. The normalized spacial score (nSPS) is 10.6. The summed E-state index contributed by atoms with van der Waals surface area (Å²) in [5.41, 5.74) is 3.82. The molecule has 0 saturated carbocycles. The molecular weight excluding hydrogens is 262 g/mol. The van der Waals surface area contributed by atoms with Crippen molar-refractivity contribution >= 4 is 0 Å². The zero-order valence-electron chi connectivity index (χ0n) is 12.7. The molecule has 0 unspecified atom stereocenters. The predicted molar refractivity (Wildman–Crippen MR) is 85.6 cm³/mol. The first-order chi connectivity index (χ1) is 10.2. The molecule has 0 saturated heterocycles. The van der Waals surface area contributed by atoms with E-state index in [1.165, 1.54) is 11.1 Å². The van der Waals surface area contributed by atoms with Crippen molar-refractivity contribution in [2.75, 3.05) is 6.61 Å². The summed E-state index contributed by atoms with van der Waals surface area (Å²) < 4.78 is 5.40. The van der Waals surface area contributed by atoms with Crippen molar-refractivity contribution in [3.8, 4) is 11.5 Å². The summed E-state index contributed by atoms with van der Waals surface area (Å²) in [6, 6.07) is 14.0. The maximum Gasteiger partial charge on any atom is 0.161 e. The van der Waals surface area contributed by atoms with Crippen LogP contribution in [0.5, 0.6) is 11.5 Å². The van der Waals surface area contributed by atoms with Crippen molar-refractivity contribution in [1.82, 2.24) is 5.32 Å². The van der Waals surface area contributed by atoms with Crippen LogP contribution in [0, 0.1) is 0 Å². The number of aromatic hydroxyl groups is 1. The second kappa shape index (κ2) is 7.70. The van der Waals surface area contributed by atoms with Crippen molar-refractivity contribution in [3.05, 3.63) is 59.2 Å². The zero-order valence-corrected chi connectivity index (χ0v) is 12.7. The van der Waals surface area contributed by atoms with E-state index in [1.54, 1.807) is 6.07 Å². The molecule has 2 aromatic rings. The third-order valence-corrected chi connectivity index (χ3v) is 3.47. The Bertz CT molecular complexity index is 581. The van der Waals surface area contributed by atoms with Crippen LogP contribution in [0.15, 0.2) is 42.5 Å². The van der Waals surface area contributed by atoms with Crippen LogP contribution in [0.3, 0.4) is 0 Å². The zero-order chi connectivity index (χ0) is 15.1. The van der Waals surface area contributed by atoms with Gasteiger partial charge in [0.05, 0.1) is 6.61 Å². The van der Waals surface area contributed by atoms with Gasteiger partial charge in [0.1, 0.15) is 0 Å². The Balaban J connectivity index is 1.95. The fraction of sp³-hybridized carbons (Fsp3) is 0.333. The van der Waals surface area contributed by atoms with E-state index in [0.29, 0.717) is 12.4 Å². The molecule has 2 rings (SSSR count). The van der Waals surface area contributed by atoms with Crippen LogP contribution in [0.25, 0.3) is 0 Å². The third-order valence-electron chi connectivity index (χ3n) is 3.47. The van der Waals surface area contributed by atoms with Crippen molar-refractivity contribution in [1.29, 1.82) is 0 Å². The lowest BCUT2D eigenvalue weighted by molar-refractivity contribution is 0.317. The van der Waals surface area contributed by atoms with Gasteiger partial charge in [-0.1, -0.05) is 37.3 Å². The van der Waals surface area contributed by atoms with E-state index in [-0.39, 0.29) is 5.75 Å². The fourth-order valence-electron chi connectivity index (χ4n) is 2.36. The quantitative estimate of drug-likeness (QED) is 0.816. The summed E-state index contributed by atoms with van der Waals surface area (Å²) in [4.78, 5) is 0. The number of aryl methyl sites for hydroxylation is 1. The molecule has 2 aromatic carbocycles. The molecule has 0 radical (unpaired) electrons. The molecule has 0 fully saturated rings. The molecule has 3 nitrogen and oxygen atoms in total. The van der Waals surface area contributed by atoms with Crippen molar-refractivity contribution in [2.24, 2.45) is 0 Å². The summed E-state index contributed by atoms with van der Waals surface area (Å²) >= 11 is 0. The topological polar surface area (TPSA) is 41.5 Å². The molecular formula is C18H23NO2. The van der Waals surface area contributed by atoms with Crippen LogP contribution in [0.1, 0.15) is 30.5 Å². The van der Waals surface area contributed by atoms with Crippen LogP contribution in [-0.4, -0.2) is 11.7 Å². The Hall–Kier alpha value is -2.00. The van der Waals surface area contributed by atoms with Gasteiger partial charge in [-0.2, -0.15) is 0 Å². The lowest BCUT2D eigenvalue weighted by atomic mass is 10.1. The van der Waals surface area contributed by atoms with Gasteiger partial charge in [-0.05, 0) is 42.2 Å². The minimum Gasteiger partial charge on any atom is -0.504 e. The Labute approximate surface area is 126 Å². The summed E-state index contributed by atoms with van der Waals surface area (Å²) in [5, 5.41) is 13.1. The van der Waals surface area contributed by atoms with Gasteiger partial charge in [0.25, 0.3) is 0 Å². The highest BCUT2D eigenvalue weighted by Crippen LogP contribution is 2.26. The molecule has 0 bridgehead atoms. The first-order valence-corrected chi connectivity index (χ1v) is 7.46. The molecule has 0 spiro atoms. The molecule has 21 heavy (non-hydrogen) atoms. The highest BCUT2D eigenvalue weighted by atomic mass is 16.5. The van der Waals surface area contributed by atoms with Crippen LogP contribution < -0.4 is 10.1 Å². The molecule has 0 aromatic heterocycles. The van der Waals surface area contributed by atoms with Gasteiger partial charge in [0.2, 0.25) is 0 Å². The number of nitrogens with one attached hydrogen (secondary N) is 1. The molecule has 0 aliphatic rings. The van der Waals surface area contributed by atoms with Gasteiger partial charge < -0.3 is 15.2 Å². The van der Waals surface area contributed by atoms with Crippen molar-refractivity contribution in [2.45, 2.75) is 33.4 Å². The molecule has 2 N–H and O–H groups in total. The Morgan fingerprint density at radius 1 is 1.00 bits per heavy atom. The summed E-state index contributed by atoms with van der Waals surface area (Å²) in [5.74, 6) is 0.739. The Morgan fingerprint density at radius 3 is 2.48 bits per heavy atom. The van der Waals surface area contributed by atoms with E-state index < -0.39 is 0 Å². The van der Waals surface area contributed by atoms with Crippen LogP contribution in [0.4, 0.5) is 0 Å². The lowest BCUT2D eigenvalue weighted by Gasteiger charge is -2.11. The standard InChI is InChI=1S/C18H23NO2/c1-3-15-7-5-6-8-16(15)13-19-12-14-9-10-17(20)18(11-14)21-4-2/h5-11,19-20H,3-4,12-13H2,1-2H3. The van der Waals surface area contributed by atoms with Gasteiger partial charge in [-0.15, -0.1) is 0 Å². The minimum atomic E-state index is 0.192. The number of ether oxygens (including phenoxy) is 1. The molecule has 0 amide bonds. The Morgan fingerprint density at radius 2 is 1.76 bits per heavy atom. The Kier molecular flexibility index (Phi) is 5.64. The number of hydrogen-bond acceptors (Lipinski definition) is 3. The van der Waals surface area contributed by atoms with Gasteiger partial charge in [0.15, 0.2) is 11.5 Å². The first kappa shape index (κ1) is 15.4. The number of phenolic OH excluding ortho intramolecular Hbond substituents is 1. The van der Waals surface area contributed by atoms with Crippen LogP contribution in [-0.2, 0) is 19.5 Å². The second-order valence-electron chi connectivity index (χ2n) is 4.96. The summed E-state index contributed by atoms with van der Waals surface area (Å²) in [7, 11) is 0. The predicted octanol–water partition coefficient (Wildman–Crippen LogP) is 3.64. The lowest BCUT2D eigenvalue weighted by Crippen LogP contribution is -2.14. The fourth-order valence-corrected chi connectivity index (χ4v) is 2.36. The maximum absolute atomic E-state index is 9.69. The average molecular weight is 285 g/mol. The summed E-state index contributed by atoms with van der Waals surface area (Å²) in [6.45, 7) is 6.22. The smallest absolute Gasteiger partial charge is 0.161 e.